The Kier molecular flexibility index (Phi) is 6.52. The number of ether oxygens (including phenoxy) is 2. The number of benzene rings is 3. The minimum atomic E-state index is -1.08. The summed E-state index contributed by atoms with van der Waals surface area (Å²) in [5, 5.41) is 0. The molecule has 0 N–H and O–H groups in total. The molecule has 0 bridgehead atoms. The summed E-state index contributed by atoms with van der Waals surface area (Å²) < 4.78 is 68.8. The Morgan fingerprint density at radius 3 is 1.90 bits per heavy atom. The highest BCUT2D eigenvalue weighted by atomic mass is 127. The van der Waals surface area contributed by atoms with Crippen LogP contribution in [0.2, 0.25) is 0 Å². The predicted molar refractivity (Wildman–Crippen MR) is 119 cm³/mol. The predicted octanol–water partition coefficient (Wildman–Crippen LogP) is 7.24. The van der Waals surface area contributed by atoms with E-state index in [2.05, 4.69) is 22.6 Å². The molecule has 0 radical (unpaired) electrons. The van der Waals surface area contributed by atoms with E-state index in [0.717, 1.165) is 6.42 Å². The van der Waals surface area contributed by atoms with Gasteiger partial charge in [0.25, 0.3) is 0 Å². The van der Waals surface area contributed by atoms with Crippen molar-refractivity contribution in [1.82, 2.24) is 0 Å². The third kappa shape index (κ3) is 4.30. The highest BCUT2D eigenvalue weighted by Crippen LogP contribution is 2.36. The van der Waals surface area contributed by atoms with E-state index in [1.807, 2.05) is 0 Å². The highest BCUT2D eigenvalue weighted by Gasteiger charge is 2.26. The summed E-state index contributed by atoms with van der Waals surface area (Å²) in [5.41, 5.74) is 1.20. The van der Waals surface area contributed by atoms with E-state index in [-0.39, 0.29) is 22.4 Å². The van der Waals surface area contributed by atoms with E-state index in [0.29, 0.717) is 28.1 Å². The summed E-state index contributed by atoms with van der Waals surface area (Å²) in [6.45, 7) is 0.512. The normalized spacial score (nSPS) is 18.8. The molecule has 162 valence electrons. The summed E-state index contributed by atoms with van der Waals surface area (Å²) in [5.74, 6) is -4.16. The maximum absolute atomic E-state index is 14.8. The molecular formula is C24H19F4IO2. The molecule has 2 unspecified atom stereocenters. The largest absolute Gasteiger partial charge is 0.494 e. The third-order valence-corrected chi connectivity index (χ3v) is 6.44. The molecule has 0 aromatic heterocycles. The van der Waals surface area contributed by atoms with Gasteiger partial charge in [0.2, 0.25) is 5.82 Å². The van der Waals surface area contributed by atoms with E-state index in [1.165, 1.54) is 37.4 Å². The van der Waals surface area contributed by atoms with Crippen LogP contribution >= 0.6 is 22.6 Å². The topological polar surface area (TPSA) is 18.5 Å². The van der Waals surface area contributed by atoms with Crippen LogP contribution in [0.5, 0.6) is 5.75 Å². The van der Waals surface area contributed by atoms with E-state index in [9.17, 15) is 17.6 Å². The first-order valence-electron chi connectivity index (χ1n) is 9.77. The van der Waals surface area contributed by atoms with Crippen molar-refractivity contribution in [3.8, 4) is 28.0 Å². The van der Waals surface area contributed by atoms with Crippen LogP contribution in [-0.4, -0.2) is 17.6 Å². The molecule has 31 heavy (non-hydrogen) atoms. The standard InChI is InChI=1S/C24H19F4IO2/c1-30-20-11-9-17(22(26)24(20)28)14-4-2-13(3-5-14)16-7-8-18(23(27)21(16)25)19-10-6-15(29)12-31-19/h2-5,7-9,11,15,19H,6,10,12H2,1H3. The van der Waals surface area contributed by atoms with Crippen molar-refractivity contribution < 1.29 is 27.0 Å². The van der Waals surface area contributed by atoms with Crippen LogP contribution in [0, 0.1) is 23.3 Å². The molecule has 0 spiro atoms. The summed E-state index contributed by atoms with van der Waals surface area (Å²) in [7, 11) is 1.26. The van der Waals surface area contributed by atoms with Gasteiger partial charge in [-0.15, -0.1) is 0 Å². The highest BCUT2D eigenvalue weighted by molar-refractivity contribution is 14.1. The SMILES string of the molecule is COc1ccc(-c2ccc(-c3ccc(C4CCC(I)CO4)c(F)c3F)cc2)c(F)c1F. The zero-order chi connectivity index (χ0) is 22.1. The van der Waals surface area contributed by atoms with Crippen molar-refractivity contribution >= 4 is 22.6 Å². The van der Waals surface area contributed by atoms with Crippen molar-refractivity contribution in [3.05, 3.63) is 77.4 Å². The second kappa shape index (κ2) is 9.16. The van der Waals surface area contributed by atoms with Crippen LogP contribution in [0.4, 0.5) is 17.6 Å². The van der Waals surface area contributed by atoms with Gasteiger partial charge in [-0.05, 0) is 36.1 Å². The fraction of sp³-hybridized carbons (Fsp3) is 0.250. The molecule has 3 aromatic carbocycles. The van der Waals surface area contributed by atoms with Gasteiger partial charge in [-0.3, -0.25) is 0 Å². The van der Waals surface area contributed by atoms with Crippen LogP contribution in [0.25, 0.3) is 22.3 Å². The lowest BCUT2D eigenvalue weighted by Gasteiger charge is -2.27. The summed E-state index contributed by atoms with van der Waals surface area (Å²) in [6.07, 6.45) is 1.07. The molecule has 4 rings (SSSR count). The first kappa shape index (κ1) is 22.1. The Morgan fingerprint density at radius 1 is 0.774 bits per heavy atom. The number of alkyl halides is 1. The number of methoxy groups -OCH3 is 1. The molecule has 1 heterocycles. The van der Waals surface area contributed by atoms with E-state index < -0.39 is 29.4 Å². The first-order valence-corrected chi connectivity index (χ1v) is 11.0. The second-order valence-electron chi connectivity index (χ2n) is 7.35. The van der Waals surface area contributed by atoms with Crippen LogP contribution in [-0.2, 0) is 4.74 Å². The van der Waals surface area contributed by atoms with Gasteiger partial charge in [0, 0.05) is 20.6 Å². The molecule has 1 aliphatic rings. The van der Waals surface area contributed by atoms with Crippen molar-refractivity contribution in [2.75, 3.05) is 13.7 Å². The van der Waals surface area contributed by atoms with Gasteiger partial charge in [-0.25, -0.2) is 13.2 Å². The molecule has 3 aromatic rings. The molecule has 0 aliphatic carbocycles. The molecule has 1 saturated heterocycles. The molecule has 7 heteroatoms. The van der Waals surface area contributed by atoms with Gasteiger partial charge in [0.1, 0.15) is 0 Å². The molecule has 2 atom stereocenters. The molecule has 1 aliphatic heterocycles. The Labute approximate surface area is 191 Å². The fourth-order valence-electron chi connectivity index (χ4n) is 3.74. The van der Waals surface area contributed by atoms with Crippen molar-refractivity contribution in [1.29, 1.82) is 0 Å². The van der Waals surface area contributed by atoms with Gasteiger partial charge in [0.15, 0.2) is 23.2 Å². The Morgan fingerprint density at radius 2 is 1.35 bits per heavy atom. The lowest BCUT2D eigenvalue weighted by atomic mass is 9.95. The fourth-order valence-corrected chi connectivity index (χ4v) is 4.31. The molecule has 0 saturated carbocycles. The van der Waals surface area contributed by atoms with Gasteiger partial charge < -0.3 is 9.47 Å². The van der Waals surface area contributed by atoms with Crippen LogP contribution in [0.15, 0.2) is 48.5 Å². The molecule has 0 amide bonds. The van der Waals surface area contributed by atoms with Gasteiger partial charge in [-0.2, -0.15) is 4.39 Å². The maximum Gasteiger partial charge on any atom is 0.201 e. The minimum absolute atomic E-state index is 0.0508. The number of rotatable bonds is 4. The lowest BCUT2D eigenvalue weighted by molar-refractivity contribution is 0.0189. The van der Waals surface area contributed by atoms with Crippen LogP contribution < -0.4 is 4.74 Å². The van der Waals surface area contributed by atoms with Crippen LogP contribution in [0.1, 0.15) is 24.5 Å². The lowest BCUT2D eigenvalue weighted by Crippen LogP contribution is -2.21. The van der Waals surface area contributed by atoms with Gasteiger partial charge in [0.05, 0.1) is 19.8 Å². The number of hydrogen-bond donors (Lipinski definition) is 0. The Hall–Kier alpha value is -2.13. The van der Waals surface area contributed by atoms with Crippen LogP contribution in [0.3, 0.4) is 0 Å². The van der Waals surface area contributed by atoms with E-state index in [4.69, 9.17) is 9.47 Å². The second-order valence-corrected chi connectivity index (χ2v) is 9.11. The number of halogens is 5. The van der Waals surface area contributed by atoms with Gasteiger partial charge in [-0.1, -0.05) is 59.0 Å². The quantitative estimate of drug-likeness (QED) is 0.197. The van der Waals surface area contributed by atoms with Crippen molar-refractivity contribution in [2.45, 2.75) is 22.9 Å². The summed E-state index contributed by atoms with van der Waals surface area (Å²) >= 11 is 2.29. The third-order valence-electron chi connectivity index (χ3n) is 5.45. The smallest absolute Gasteiger partial charge is 0.201 e. The zero-order valence-corrected chi connectivity index (χ0v) is 18.8. The van der Waals surface area contributed by atoms with Gasteiger partial charge >= 0.3 is 0 Å². The average molecular weight is 542 g/mol. The molecule has 1 fully saturated rings. The minimum Gasteiger partial charge on any atom is -0.494 e. The van der Waals surface area contributed by atoms with Crippen molar-refractivity contribution in [3.63, 3.8) is 0 Å². The van der Waals surface area contributed by atoms with E-state index >= 15 is 0 Å². The molecule has 2 nitrogen and oxygen atoms in total. The summed E-state index contributed by atoms with van der Waals surface area (Å²) in [4.78, 5) is 0. The molecular weight excluding hydrogens is 523 g/mol. The average Bonchev–Trinajstić information content (AvgIpc) is 2.78. The Bertz CT molecular complexity index is 1090. The number of hydrogen-bond acceptors (Lipinski definition) is 2. The zero-order valence-electron chi connectivity index (χ0n) is 16.6. The van der Waals surface area contributed by atoms with Crippen molar-refractivity contribution in [2.24, 2.45) is 0 Å². The monoisotopic (exact) mass is 542 g/mol. The van der Waals surface area contributed by atoms with E-state index in [1.54, 1.807) is 18.2 Å². The Balaban J connectivity index is 1.63. The summed E-state index contributed by atoms with van der Waals surface area (Å²) in [6, 6.07) is 12.0. The first-order chi connectivity index (χ1) is 14.9. The maximum atomic E-state index is 14.8.